The summed E-state index contributed by atoms with van der Waals surface area (Å²) in [6, 6.07) is 12.2. The standard InChI is InChI=1S/C24H22F3NO5/c1-32-21(30)18(22(31)33-2)14-23(15-6-4-3-5-7-15)19(12-13-20(23)29)28-17-10-8-16(9-11-17)24(25,26)27/h3-13,18-19,28H,14H2,1-2H3/t19-,23-/m1/s1. The van der Waals surface area contributed by atoms with Crippen molar-refractivity contribution in [3.63, 3.8) is 0 Å². The quantitative estimate of drug-likeness (QED) is 0.497. The van der Waals surface area contributed by atoms with Gasteiger partial charge in [-0.1, -0.05) is 36.4 Å². The predicted octanol–water partition coefficient (Wildman–Crippen LogP) is 3.92. The number of methoxy groups -OCH3 is 2. The molecular formula is C24H22F3NO5. The summed E-state index contributed by atoms with van der Waals surface area (Å²) in [4.78, 5) is 38.1. The number of ether oxygens (including phenoxy) is 2. The number of ketones is 1. The maximum Gasteiger partial charge on any atom is 0.416 e. The molecule has 2 aromatic rings. The zero-order chi connectivity index (χ0) is 24.2. The second-order valence-electron chi connectivity index (χ2n) is 7.56. The first-order valence-electron chi connectivity index (χ1n) is 10.0. The van der Waals surface area contributed by atoms with Crippen molar-refractivity contribution in [2.45, 2.75) is 24.1 Å². The molecule has 3 rings (SSSR count). The Hall–Kier alpha value is -3.62. The molecule has 174 valence electrons. The highest BCUT2D eigenvalue weighted by atomic mass is 19.4. The van der Waals surface area contributed by atoms with Gasteiger partial charge in [0.2, 0.25) is 0 Å². The zero-order valence-electron chi connectivity index (χ0n) is 17.9. The topological polar surface area (TPSA) is 81.7 Å². The van der Waals surface area contributed by atoms with E-state index in [1.807, 2.05) is 0 Å². The molecule has 0 amide bonds. The number of carbonyl (C=O) groups is 3. The maximum atomic E-state index is 13.3. The lowest BCUT2D eigenvalue weighted by Gasteiger charge is -2.37. The molecule has 1 aliphatic rings. The van der Waals surface area contributed by atoms with Gasteiger partial charge in [-0.3, -0.25) is 14.4 Å². The van der Waals surface area contributed by atoms with E-state index >= 15 is 0 Å². The molecule has 0 radical (unpaired) electrons. The molecule has 2 aromatic carbocycles. The van der Waals surface area contributed by atoms with Crippen molar-refractivity contribution in [3.05, 3.63) is 77.9 Å². The molecule has 0 unspecified atom stereocenters. The molecule has 0 bridgehead atoms. The van der Waals surface area contributed by atoms with Gasteiger partial charge in [0.15, 0.2) is 11.7 Å². The van der Waals surface area contributed by atoms with Crippen LogP contribution in [0.25, 0.3) is 0 Å². The van der Waals surface area contributed by atoms with Crippen molar-refractivity contribution < 1.29 is 37.0 Å². The van der Waals surface area contributed by atoms with Crippen LogP contribution in [-0.2, 0) is 35.4 Å². The third kappa shape index (κ3) is 4.76. The fourth-order valence-corrected chi connectivity index (χ4v) is 4.03. The van der Waals surface area contributed by atoms with Crippen LogP contribution in [0.2, 0.25) is 0 Å². The molecule has 9 heteroatoms. The predicted molar refractivity (Wildman–Crippen MR) is 113 cm³/mol. The Bertz CT molecular complexity index is 1030. The van der Waals surface area contributed by atoms with Crippen LogP contribution >= 0.6 is 0 Å². The Morgan fingerprint density at radius 1 is 1.00 bits per heavy atom. The summed E-state index contributed by atoms with van der Waals surface area (Å²) in [6.45, 7) is 0. The summed E-state index contributed by atoms with van der Waals surface area (Å²) in [7, 11) is 2.25. The van der Waals surface area contributed by atoms with Crippen molar-refractivity contribution in [1.29, 1.82) is 0 Å². The number of nitrogens with one attached hydrogen (secondary N) is 1. The fraction of sp³-hybridized carbons (Fsp3) is 0.292. The first-order valence-corrected chi connectivity index (χ1v) is 10.0. The Labute approximate surface area is 188 Å². The van der Waals surface area contributed by atoms with Crippen LogP contribution in [0.1, 0.15) is 17.5 Å². The van der Waals surface area contributed by atoms with E-state index in [9.17, 15) is 27.6 Å². The highest BCUT2D eigenvalue weighted by molar-refractivity contribution is 6.05. The number of alkyl halides is 3. The summed E-state index contributed by atoms with van der Waals surface area (Å²) in [6.07, 6.45) is -1.84. The van der Waals surface area contributed by atoms with Gasteiger partial charge in [-0.05, 0) is 42.3 Å². The molecule has 0 aromatic heterocycles. The largest absolute Gasteiger partial charge is 0.468 e. The van der Waals surface area contributed by atoms with Crippen LogP contribution in [0.15, 0.2) is 66.7 Å². The summed E-state index contributed by atoms with van der Waals surface area (Å²) < 4.78 is 48.3. The molecule has 1 N–H and O–H groups in total. The summed E-state index contributed by atoms with van der Waals surface area (Å²) >= 11 is 0. The van der Waals surface area contributed by atoms with E-state index in [4.69, 9.17) is 9.47 Å². The van der Waals surface area contributed by atoms with Gasteiger partial charge in [-0.2, -0.15) is 13.2 Å². The summed E-state index contributed by atoms with van der Waals surface area (Å²) in [5.41, 5.74) is -1.35. The monoisotopic (exact) mass is 461 g/mol. The third-order valence-corrected chi connectivity index (χ3v) is 5.73. The van der Waals surface area contributed by atoms with E-state index in [0.29, 0.717) is 11.3 Å². The van der Waals surface area contributed by atoms with Gasteiger partial charge in [0.05, 0.1) is 31.2 Å². The van der Waals surface area contributed by atoms with Gasteiger partial charge < -0.3 is 14.8 Å². The lowest BCUT2D eigenvalue weighted by atomic mass is 9.68. The number of allylic oxidation sites excluding steroid dienone is 1. The number of anilines is 1. The molecule has 0 heterocycles. The average molecular weight is 461 g/mol. The zero-order valence-corrected chi connectivity index (χ0v) is 17.9. The number of halogens is 3. The van der Waals surface area contributed by atoms with Crippen LogP contribution < -0.4 is 5.32 Å². The van der Waals surface area contributed by atoms with Crippen LogP contribution in [-0.4, -0.2) is 38.0 Å². The number of rotatable bonds is 7. The van der Waals surface area contributed by atoms with Gasteiger partial charge in [-0.25, -0.2) is 0 Å². The Morgan fingerprint density at radius 3 is 2.09 bits per heavy atom. The van der Waals surface area contributed by atoms with Crippen LogP contribution in [0, 0.1) is 5.92 Å². The molecule has 0 fully saturated rings. The lowest BCUT2D eigenvalue weighted by Crippen LogP contribution is -2.49. The minimum absolute atomic E-state index is 0.263. The fourth-order valence-electron chi connectivity index (χ4n) is 4.03. The number of benzene rings is 2. The number of hydrogen-bond donors (Lipinski definition) is 1. The van der Waals surface area contributed by atoms with Crippen LogP contribution in [0.5, 0.6) is 0 Å². The molecule has 33 heavy (non-hydrogen) atoms. The molecule has 0 spiro atoms. The second kappa shape index (κ2) is 9.48. The summed E-state index contributed by atoms with van der Waals surface area (Å²) in [5, 5.41) is 3.08. The van der Waals surface area contributed by atoms with E-state index in [1.165, 1.54) is 18.2 Å². The van der Waals surface area contributed by atoms with E-state index in [1.54, 1.807) is 36.4 Å². The molecule has 0 saturated carbocycles. The molecule has 2 atom stereocenters. The van der Waals surface area contributed by atoms with E-state index in [2.05, 4.69) is 5.32 Å². The van der Waals surface area contributed by atoms with E-state index in [-0.39, 0.29) is 12.2 Å². The first-order chi connectivity index (χ1) is 15.6. The van der Waals surface area contributed by atoms with Gasteiger partial charge >= 0.3 is 18.1 Å². The average Bonchev–Trinajstić information content (AvgIpc) is 3.12. The van der Waals surface area contributed by atoms with Crippen molar-refractivity contribution in [1.82, 2.24) is 0 Å². The number of esters is 2. The molecule has 0 aliphatic heterocycles. The normalized spacial score (nSPS) is 20.1. The van der Waals surface area contributed by atoms with E-state index < -0.39 is 41.1 Å². The Morgan fingerprint density at radius 2 is 1.58 bits per heavy atom. The van der Waals surface area contributed by atoms with Gasteiger partial charge in [0, 0.05) is 5.69 Å². The molecule has 1 aliphatic carbocycles. The van der Waals surface area contributed by atoms with Crippen molar-refractivity contribution >= 4 is 23.4 Å². The van der Waals surface area contributed by atoms with Crippen LogP contribution in [0.3, 0.4) is 0 Å². The lowest BCUT2D eigenvalue weighted by molar-refractivity contribution is -0.160. The van der Waals surface area contributed by atoms with Crippen LogP contribution in [0.4, 0.5) is 18.9 Å². The maximum absolute atomic E-state index is 13.3. The Balaban J connectivity index is 2.04. The van der Waals surface area contributed by atoms with Crippen molar-refractivity contribution in [2.24, 2.45) is 5.92 Å². The van der Waals surface area contributed by atoms with E-state index in [0.717, 1.165) is 26.4 Å². The SMILES string of the molecule is COC(=O)C(C[C@]1(c2ccccc2)C(=O)C=C[C@H]1Nc1ccc(C(F)(F)F)cc1)C(=O)OC. The Kier molecular flexibility index (Phi) is 6.90. The second-order valence-corrected chi connectivity index (χ2v) is 7.56. The minimum atomic E-state index is -4.48. The smallest absolute Gasteiger partial charge is 0.416 e. The third-order valence-electron chi connectivity index (χ3n) is 5.73. The first kappa shape index (κ1) is 24.0. The highest BCUT2D eigenvalue weighted by Gasteiger charge is 2.52. The van der Waals surface area contributed by atoms with Crippen molar-refractivity contribution in [3.8, 4) is 0 Å². The molecular weight excluding hydrogens is 439 g/mol. The van der Waals surface area contributed by atoms with Crippen molar-refractivity contribution in [2.75, 3.05) is 19.5 Å². The minimum Gasteiger partial charge on any atom is -0.468 e. The number of hydrogen-bond acceptors (Lipinski definition) is 6. The highest BCUT2D eigenvalue weighted by Crippen LogP contribution is 2.42. The molecule has 0 saturated heterocycles. The number of carbonyl (C=O) groups excluding carboxylic acids is 3. The summed E-state index contributed by atoms with van der Waals surface area (Å²) in [5.74, 6) is -3.47. The van der Waals surface area contributed by atoms with Gasteiger partial charge in [0.1, 0.15) is 0 Å². The van der Waals surface area contributed by atoms with Gasteiger partial charge in [0.25, 0.3) is 0 Å². The van der Waals surface area contributed by atoms with Gasteiger partial charge in [-0.15, -0.1) is 0 Å². The molecule has 6 nitrogen and oxygen atoms in total.